The second kappa shape index (κ2) is 3.90. The lowest BCUT2D eigenvalue weighted by Crippen LogP contribution is -1.94. The maximum atomic E-state index is 4.39. The van der Waals surface area contributed by atoms with Crippen molar-refractivity contribution in [2.24, 2.45) is 0 Å². The zero-order valence-corrected chi connectivity index (χ0v) is 8.56. The third-order valence-electron chi connectivity index (χ3n) is 1.76. The average molecular weight is 217 g/mol. The van der Waals surface area contributed by atoms with Gasteiger partial charge in [-0.3, -0.25) is 4.68 Å². The van der Waals surface area contributed by atoms with E-state index < -0.39 is 0 Å². The van der Waals surface area contributed by atoms with Crippen molar-refractivity contribution in [3.8, 4) is 0 Å². The third kappa shape index (κ3) is 1.83. The second-order valence-electron chi connectivity index (χ2n) is 2.44. The third-order valence-corrected chi connectivity index (χ3v) is 2.29. The first-order valence-electron chi connectivity index (χ1n) is 3.93. The van der Waals surface area contributed by atoms with Crippen LogP contribution < -0.4 is 0 Å². The Labute approximate surface area is 75.7 Å². The van der Waals surface area contributed by atoms with Gasteiger partial charge in [-0.05, 0) is 18.9 Å². The van der Waals surface area contributed by atoms with Crippen LogP contribution in [0.25, 0.3) is 0 Å². The fourth-order valence-electron chi connectivity index (χ4n) is 1.07. The highest BCUT2D eigenvalue weighted by molar-refractivity contribution is 9.08. The van der Waals surface area contributed by atoms with Crippen LogP contribution >= 0.6 is 15.9 Å². The van der Waals surface area contributed by atoms with Crippen LogP contribution in [-0.2, 0) is 18.3 Å². The number of halogens is 1. The van der Waals surface area contributed by atoms with Gasteiger partial charge in [0.15, 0.2) is 0 Å². The van der Waals surface area contributed by atoms with Crippen molar-refractivity contribution < 1.29 is 0 Å². The molecule has 0 amide bonds. The lowest BCUT2D eigenvalue weighted by Gasteiger charge is -1.90. The van der Waals surface area contributed by atoms with Gasteiger partial charge in [0.2, 0.25) is 0 Å². The Morgan fingerprint density at radius 3 is 2.64 bits per heavy atom. The molecule has 0 bridgehead atoms. The molecule has 3 heteroatoms. The number of hydrogen-bond acceptors (Lipinski definition) is 1. The van der Waals surface area contributed by atoms with Gasteiger partial charge in [-0.15, -0.1) is 0 Å². The Bertz CT molecular complexity index is 208. The Hall–Kier alpha value is -0.310. The van der Waals surface area contributed by atoms with Crippen LogP contribution in [0.4, 0.5) is 0 Å². The molecule has 0 atom stereocenters. The number of rotatable bonds is 3. The van der Waals surface area contributed by atoms with Crippen molar-refractivity contribution in [2.75, 3.05) is 0 Å². The fourth-order valence-corrected chi connectivity index (χ4v) is 1.54. The Balaban J connectivity index is 2.92. The predicted molar refractivity (Wildman–Crippen MR) is 49.9 cm³/mol. The summed E-state index contributed by atoms with van der Waals surface area (Å²) >= 11 is 3.42. The van der Waals surface area contributed by atoms with Crippen LogP contribution in [-0.4, -0.2) is 9.78 Å². The van der Waals surface area contributed by atoms with E-state index in [9.17, 15) is 0 Å². The molecule has 0 fully saturated rings. The molecule has 0 saturated carbocycles. The van der Waals surface area contributed by atoms with Gasteiger partial charge < -0.3 is 0 Å². The maximum absolute atomic E-state index is 4.39. The smallest absolute Gasteiger partial charge is 0.0761 e. The van der Waals surface area contributed by atoms with Gasteiger partial charge in [0, 0.05) is 18.1 Å². The van der Waals surface area contributed by atoms with E-state index in [1.165, 1.54) is 11.3 Å². The summed E-state index contributed by atoms with van der Waals surface area (Å²) in [6.45, 7) is 5.22. The van der Waals surface area contributed by atoms with Gasteiger partial charge >= 0.3 is 0 Å². The quantitative estimate of drug-likeness (QED) is 0.710. The fraction of sp³-hybridized carbons (Fsp3) is 0.625. The molecule has 62 valence electrons. The monoisotopic (exact) mass is 216 g/mol. The molecular weight excluding hydrogens is 204 g/mol. The highest BCUT2D eigenvalue weighted by Gasteiger charge is 2.03. The molecule has 1 aromatic rings. The summed E-state index contributed by atoms with van der Waals surface area (Å²) in [6.07, 6.45) is 3.19. The second-order valence-corrected chi connectivity index (χ2v) is 3.00. The molecule has 0 aliphatic rings. The molecular formula is C8H13BrN2. The topological polar surface area (TPSA) is 17.8 Å². The highest BCUT2D eigenvalue weighted by Crippen LogP contribution is 2.10. The zero-order valence-electron chi connectivity index (χ0n) is 6.97. The summed E-state index contributed by atoms with van der Waals surface area (Å²) in [5, 5.41) is 5.25. The van der Waals surface area contributed by atoms with E-state index >= 15 is 0 Å². The molecule has 0 radical (unpaired) electrons. The summed E-state index contributed by atoms with van der Waals surface area (Å²) in [7, 11) is 0. The molecule has 0 unspecified atom stereocenters. The molecule has 0 spiro atoms. The highest BCUT2D eigenvalue weighted by atomic mass is 79.9. The van der Waals surface area contributed by atoms with E-state index in [0.29, 0.717) is 0 Å². The van der Waals surface area contributed by atoms with E-state index in [1.54, 1.807) is 0 Å². The molecule has 1 heterocycles. The molecule has 11 heavy (non-hydrogen) atoms. The zero-order chi connectivity index (χ0) is 8.27. The van der Waals surface area contributed by atoms with Crippen LogP contribution in [0.1, 0.15) is 25.1 Å². The minimum Gasteiger partial charge on any atom is -0.272 e. The Morgan fingerprint density at radius 1 is 1.55 bits per heavy atom. The van der Waals surface area contributed by atoms with Crippen LogP contribution in [0.15, 0.2) is 6.20 Å². The van der Waals surface area contributed by atoms with Crippen LogP contribution in [0, 0.1) is 0 Å². The Kier molecular flexibility index (Phi) is 3.12. The largest absolute Gasteiger partial charge is 0.272 e. The lowest BCUT2D eigenvalue weighted by atomic mass is 10.2. The van der Waals surface area contributed by atoms with Crippen molar-refractivity contribution in [3.05, 3.63) is 17.5 Å². The molecule has 2 nitrogen and oxygen atoms in total. The number of alkyl halides is 1. The minimum absolute atomic E-state index is 0.864. The molecule has 1 rings (SSSR count). The van der Waals surface area contributed by atoms with E-state index in [-0.39, 0.29) is 0 Å². The average Bonchev–Trinajstić information content (AvgIpc) is 2.46. The summed E-state index contributed by atoms with van der Waals surface area (Å²) in [5.41, 5.74) is 2.53. The van der Waals surface area contributed by atoms with Crippen molar-refractivity contribution >= 4 is 15.9 Å². The van der Waals surface area contributed by atoms with Gasteiger partial charge in [0.05, 0.1) is 5.69 Å². The molecule has 0 N–H and O–H groups in total. The van der Waals surface area contributed by atoms with Gasteiger partial charge in [-0.1, -0.05) is 22.9 Å². The van der Waals surface area contributed by atoms with Crippen molar-refractivity contribution in [1.82, 2.24) is 9.78 Å². The van der Waals surface area contributed by atoms with Gasteiger partial charge in [-0.2, -0.15) is 5.10 Å². The van der Waals surface area contributed by atoms with Gasteiger partial charge in [0.1, 0.15) is 0 Å². The number of nitrogens with zero attached hydrogens (tertiary/aromatic N) is 2. The van der Waals surface area contributed by atoms with Crippen molar-refractivity contribution in [1.29, 1.82) is 0 Å². The van der Waals surface area contributed by atoms with Crippen LogP contribution in [0.3, 0.4) is 0 Å². The first kappa shape index (κ1) is 8.78. The number of aryl methyl sites for hydroxylation is 2. The van der Waals surface area contributed by atoms with Crippen LogP contribution in [0.2, 0.25) is 0 Å². The van der Waals surface area contributed by atoms with E-state index in [1.807, 2.05) is 4.68 Å². The normalized spacial score (nSPS) is 10.5. The summed E-state index contributed by atoms with van der Waals surface area (Å²) in [6, 6.07) is 0. The Morgan fingerprint density at radius 2 is 2.27 bits per heavy atom. The first-order chi connectivity index (χ1) is 5.31. The van der Waals surface area contributed by atoms with E-state index in [0.717, 1.165) is 18.3 Å². The molecule has 0 aromatic carbocycles. The summed E-state index contributed by atoms with van der Waals surface area (Å²) < 4.78 is 1.98. The molecule has 0 saturated heterocycles. The number of aromatic nitrogens is 2. The van der Waals surface area contributed by atoms with Gasteiger partial charge in [-0.25, -0.2) is 0 Å². The standard InChI is InChI=1S/C8H13BrN2/c1-3-7-6-11(4-2)10-8(7)5-9/h6H,3-5H2,1-2H3. The van der Waals surface area contributed by atoms with Gasteiger partial charge in [0.25, 0.3) is 0 Å². The lowest BCUT2D eigenvalue weighted by molar-refractivity contribution is 0.652. The van der Waals surface area contributed by atoms with E-state index in [4.69, 9.17) is 0 Å². The van der Waals surface area contributed by atoms with Crippen molar-refractivity contribution in [2.45, 2.75) is 32.1 Å². The SMILES string of the molecule is CCc1cn(CC)nc1CBr. The first-order valence-corrected chi connectivity index (χ1v) is 5.05. The predicted octanol–water partition coefficient (Wildman–Crippen LogP) is 2.36. The summed E-state index contributed by atoms with van der Waals surface area (Å²) in [4.78, 5) is 0. The minimum atomic E-state index is 0.864. The van der Waals surface area contributed by atoms with E-state index in [2.05, 4.69) is 41.1 Å². The van der Waals surface area contributed by atoms with Crippen molar-refractivity contribution in [3.63, 3.8) is 0 Å². The molecule has 1 aromatic heterocycles. The molecule has 0 aliphatic heterocycles. The summed E-state index contributed by atoms with van der Waals surface area (Å²) in [5.74, 6) is 0. The molecule has 0 aliphatic carbocycles. The van der Waals surface area contributed by atoms with Crippen LogP contribution in [0.5, 0.6) is 0 Å². The number of hydrogen-bond donors (Lipinski definition) is 0. The maximum Gasteiger partial charge on any atom is 0.0761 e.